The van der Waals surface area contributed by atoms with Gasteiger partial charge in [-0.25, -0.2) is 4.79 Å². The summed E-state index contributed by atoms with van der Waals surface area (Å²) in [5, 5.41) is 7.43. The normalized spacial score (nSPS) is 19.6. The molecule has 1 saturated heterocycles. The van der Waals surface area contributed by atoms with E-state index in [0.29, 0.717) is 12.1 Å². The molecule has 1 aromatic heterocycles. The number of aryl methyl sites for hydroxylation is 2. The van der Waals surface area contributed by atoms with Crippen LogP contribution in [0.1, 0.15) is 30.0 Å². The molecule has 2 heterocycles. The maximum Gasteiger partial charge on any atom is 0.328 e. The molecule has 1 aliphatic rings. The smallest absolute Gasteiger partial charge is 0.328 e. The van der Waals surface area contributed by atoms with Crippen LogP contribution in [-0.4, -0.2) is 35.4 Å². The van der Waals surface area contributed by atoms with Crippen LogP contribution in [0.2, 0.25) is 0 Å². The van der Waals surface area contributed by atoms with Crippen molar-refractivity contribution >= 4 is 11.0 Å². The number of hydrogen-bond donors (Lipinski definition) is 2. The summed E-state index contributed by atoms with van der Waals surface area (Å²) in [6.07, 6.45) is 3.19. The first-order valence-electron chi connectivity index (χ1n) is 10.3. The molecule has 2 aromatic carbocycles. The van der Waals surface area contributed by atoms with Gasteiger partial charge in [-0.15, -0.1) is 0 Å². The zero-order valence-electron chi connectivity index (χ0n) is 17.4. The molecule has 3 aromatic rings. The maximum atomic E-state index is 12.3. The Bertz CT molecular complexity index is 1040. The van der Waals surface area contributed by atoms with Crippen LogP contribution >= 0.6 is 0 Å². The predicted molar refractivity (Wildman–Crippen MR) is 117 cm³/mol. The van der Waals surface area contributed by atoms with E-state index in [0.717, 1.165) is 48.3 Å². The summed E-state index contributed by atoms with van der Waals surface area (Å²) in [5.41, 5.74) is 4.27. The Balaban J connectivity index is 1.50. The topological polar surface area (TPSA) is 60.2 Å². The lowest BCUT2D eigenvalue weighted by molar-refractivity contribution is 0.307. The first-order valence-corrected chi connectivity index (χ1v) is 10.3. The lowest BCUT2D eigenvalue weighted by atomic mass is 9.92. The SMILES string of the molecule is COc1cc2c(cc1CCN[C@H]1CCCN[C@H]1c1ccccc1)n(C)c(=O)n2C. The van der Waals surface area contributed by atoms with Gasteiger partial charge in [-0.3, -0.25) is 9.13 Å². The summed E-state index contributed by atoms with van der Waals surface area (Å²) >= 11 is 0. The molecule has 0 bridgehead atoms. The van der Waals surface area contributed by atoms with Gasteiger partial charge in [0.05, 0.1) is 18.1 Å². The Morgan fingerprint density at radius 1 is 1.14 bits per heavy atom. The van der Waals surface area contributed by atoms with Gasteiger partial charge in [0.15, 0.2) is 0 Å². The van der Waals surface area contributed by atoms with Crippen molar-refractivity contribution in [1.29, 1.82) is 0 Å². The van der Waals surface area contributed by atoms with Gasteiger partial charge in [0.2, 0.25) is 0 Å². The second kappa shape index (κ2) is 8.43. The molecule has 0 unspecified atom stereocenters. The molecule has 1 aliphatic heterocycles. The van der Waals surface area contributed by atoms with E-state index in [1.165, 1.54) is 12.0 Å². The summed E-state index contributed by atoms with van der Waals surface area (Å²) < 4.78 is 8.99. The van der Waals surface area contributed by atoms with E-state index in [-0.39, 0.29) is 5.69 Å². The number of aromatic nitrogens is 2. The van der Waals surface area contributed by atoms with Crippen molar-refractivity contribution in [3.05, 3.63) is 64.1 Å². The van der Waals surface area contributed by atoms with E-state index in [1.807, 2.05) is 13.1 Å². The van der Waals surface area contributed by atoms with E-state index in [4.69, 9.17) is 4.74 Å². The van der Waals surface area contributed by atoms with E-state index in [1.54, 1.807) is 23.3 Å². The third-order valence-corrected chi connectivity index (χ3v) is 6.09. The van der Waals surface area contributed by atoms with Gasteiger partial charge in [-0.1, -0.05) is 30.3 Å². The largest absolute Gasteiger partial charge is 0.496 e. The number of methoxy groups -OCH3 is 1. The van der Waals surface area contributed by atoms with Gasteiger partial charge in [0, 0.05) is 32.2 Å². The summed E-state index contributed by atoms with van der Waals surface area (Å²) in [6, 6.07) is 15.5. The lowest BCUT2D eigenvalue weighted by Gasteiger charge is -2.34. The van der Waals surface area contributed by atoms with Crippen LogP contribution in [0, 0.1) is 0 Å². The van der Waals surface area contributed by atoms with Gasteiger partial charge in [0.1, 0.15) is 5.75 Å². The van der Waals surface area contributed by atoms with Crippen molar-refractivity contribution in [3.8, 4) is 5.75 Å². The fourth-order valence-corrected chi connectivity index (χ4v) is 4.47. The minimum atomic E-state index is -0.0173. The molecule has 1 fully saturated rings. The molecule has 2 atom stereocenters. The number of piperidine rings is 1. The van der Waals surface area contributed by atoms with E-state index >= 15 is 0 Å². The highest BCUT2D eigenvalue weighted by Crippen LogP contribution is 2.26. The molecule has 0 amide bonds. The number of nitrogens with zero attached hydrogens (tertiary/aromatic N) is 2. The minimum absolute atomic E-state index is 0.0173. The maximum absolute atomic E-state index is 12.3. The van der Waals surface area contributed by atoms with Crippen molar-refractivity contribution in [2.24, 2.45) is 14.1 Å². The molecule has 0 aliphatic carbocycles. The fourth-order valence-electron chi connectivity index (χ4n) is 4.47. The molecular weight excluding hydrogens is 364 g/mol. The number of hydrogen-bond acceptors (Lipinski definition) is 4. The standard InChI is InChI=1S/C23H30N4O2/c1-26-19-14-17(21(29-3)15-20(19)27(2)23(26)28)11-13-24-18-10-7-12-25-22(18)16-8-5-4-6-9-16/h4-6,8-9,14-15,18,22,24-25H,7,10-13H2,1-3H3/t18-,22-/m0/s1. The second-order valence-electron chi connectivity index (χ2n) is 7.85. The number of fused-ring (bicyclic) bond motifs is 1. The third kappa shape index (κ3) is 3.82. The summed E-state index contributed by atoms with van der Waals surface area (Å²) in [4.78, 5) is 12.3. The molecule has 0 saturated carbocycles. The second-order valence-corrected chi connectivity index (χ2v) is 7.85. The zero-order valence-corrected chi connectivity index (χ0v) is 17.4. The van der Waals surface area contributed by atoms with Gasteiger partial charge < -0.3 is 15.4 Å². The third-order valence-electron chi connectivity index (χ3n) is 6.09. The van der Waals surface area contributed by atoms with E-state index < -0.39 is 0 Å². The van der Waals surface area contributed by atoms with Crippen LogP contribution in [0.4, 0.5) is 0 Å². The van der Waals surface area contributed by atoms with Crippen LogP contribution in [-0.2, 0) is 20.5 Å². The van der Waals surface area contributed by atoms with Crippen molar-refractivity contribution in [2.75, 3.05) is 20.2 Å². The van der Waals surface area contributed by atoms with Crippen LogP contribution in [0.15, 0.2) is 47.3 Å². The first-order chi connectivity index (χ1) is 14.1. The van der Waals surface area contributed by atoms with Gasteiger partial charge in [-0.05, 0) is 49.5 Å². The van der Waals surface area contributed by atoms with E-state index in [9.17, 15) is 4.79 Å². The summed E-state index contributed by atoms with van der Waals surface area (Å²) in [7, 11) is 5.30. The minimum Gasteiger partial charge on any atom is -0.496 e. The number of nitrogens with one attached hydrogen (secondary N) is 2. The number of benzene rings is 2. The van der Waals surface area contributed by atoms with Crippen LogP contribution in [0.5, 0.6) is 5.75 Å². The van der Waals surface area contributed by atoms with Crippen LogP contribution in [0.3, 0.4) is 0 Å². The van der Waals surface area contributed by atoms with E-state index in [2.05, 4.69) is 47.0 Å². The molecule has 154 valence electrons. The Morgan fingerprint density at radius 3 is 2.59 bits per heavy atom. The summed E-state index contributed by atoms with van der Waals surface area (Å²) in [6.45, 7) is 1.92. The monoisotopic (exact) mass is 394 g/mol. The Hall–Kier alpha value is -2.57. The number of rotatable bonds is 6. The van der Waals surface area contributed by atoms with Gasteiger partial charge >= 0.3 is 5.69 Å². The molecular formula is C23H30N4O2. The number of imidazole rings is 1. The van der Waals surface area contributed by atoms with Crippen molar-refractivity contribution in [1.82, 2.24) is 19.8 Å². The lowest BCUT2D eigenvalue weighted by Crippen LogP contribution is -2.46. The van der Waals surface area contributed by atoms with Crippen molar-refractivity contribution in [3.63, 3.8) is 0 Å². The first kappa shape index (κ1) is 19.7. The van der Waals surface area contributed by atoms with Crippen molar-refractivity contribution in [2.45, 2.75) is 31.3 Å². The van der Waals surface area contributed by atoms with Crippen molar-refractivity contribution < 1.29 is 4.74 Å². The highest BCUT2D eigenvalue weighted by atomic mass is 16.5. The number of ether oxygens (including phenoxy) is 1. The quantitative estimate of drug-likeness (QED) is 0.675. The molecule has 0 radical (unpaired) electrons. The molecule has 6 nitrogen and oxygen atoms in total. The molecule has 0 spiro atoms. The summed E-state index contributed by atoms with van der Waals surface area (Å²) in [5.74, 6) is 0.835. The average molecular weight is 395 g/mol. The molecule has 2 N–H and O–H groups in total. The highest BCUT2D eigenvalue weighted by Gasteiger charge is 2.25. The highest BCUT2D eigenvalue weighted by molar-refractivity contribution is 5.79. The Kier molecular flexibility index (Phi) is 5.74. The molecule has 6 heteroatoms. The molecule has 4 rings (SSSR count). The molecule has 29 heavy (non-hydrogen) atoms. The van der Waals surface area contributed by atoms with Crippen LogP contribution in [0.25, 0.3) is 11.0 Å². The van der Waals surface area contributed by atoms with Gasteiger partial charge in [0.25, 0.3) is 0 Å². The Labute approximate surface area is 171 Å². The van der Waals surface area contributed by atoms with Crippen LogP contribution < -0.4 is 21.1 Å². The zero-order chi connectivity index (χ0) is 20.4. The Morgan fingerprint density at radius 2 is 1.86 bits per heavy atom. The average Bonchev–Trinajstić information content (AvgIpc) is 2.97. The fraction of sp³-hybridized carbons (Fsp3) is 0.435. The van der Waals surface area contributed by atoms with Gasteiger partial charge in [-0.2, -0.15) is 0 Å². The predicted octanol–water partition coefficient (Wildman–Crippen LogP) is 2.51.